The molecule has 0 bridgehead atoms. The van der Waals surface area contributed by atoms with E-state index in [0.717, 1.165) is 29.3 Å². The number of fused-ring (bicyclic) bond motifs is 1. The lowest BCUT2D eigenvalue weighted by Crippen LogP contribution is -2.05. The van der Waals surface area contributed by atoms with Crippen LogP contribution in [0.2, 0.25) is 0 Å². The number of hydrogen-bond donors (Lipinski definition) is 0. The molecule has 0 saturated heterocycles. The highest BCUT2D eigenvalue weighted by molar-refractivity contribution is 5.53. The van der Waals surface area contributed by atoms with E-state index in [1.165, 1.54) is 12.1 Å². The molecule has 2 aromatic heterocycles. The Labute approximate surface area is 124 Å². The van der Waals surface area contributed by atoms with Gasteiger partial charge in [-0.1, -0.05) is 18.2 Å². The van der Waals surface area contributed by atoms with Crippen LogP contribution in [0.15, 0.2) is 48.9 Å². The van der Waals surface area contributed by atoms with Crippen molar-refractivity contribution in [2.45, 2.75) is 24.4 Å². The zero-order valence-corrected chi connectivity index (χ0v) is 11.5. The predicted molar refractivity (Wildman–Crippen MR) is 74.5 cm³/mol. The quantitative estimate of drug-likeness (QED) is 0.716. The van der Waals surface area contributed by atoms with E-state index in [4.69, 9.17) is 0 Å². The Kier molecular flexibility index (Phi) is 2.76. The van der Waals surface area contributed by atoms with E-state index in [1.54, 1.807) is 29.2 Å². The van der Waals surface area contributed by atoms with Crippen molar-refractivity contribution in [2.24, 2.45) is 0 Å². The first-order valence-electron chi connectivity index (χ1n) is 6.99. The SMILES string of the molecule is FC(F)(F)c1cccc([C@H]2C[C@@H]2c2ccnn3ccnc23)c1. The molecule has 0 unspecified atom stereocenters. The summed E-state index contributed by atoms with van der Waals surface area (Å²) < 4.78 is 40.1. The number of benzene rings is 1. The summed E-state index contributed by atoms with van der Waals surface area (Å²) in [6.45, 7) is 0. The number of nitrogens with zero attached hydrogens (tertiary/aromatic N) is 3. The molecule has 3 aromatic rings. The number of imidazole rings is 1. The van der Waals surface area contributed by atoms with Gasteiger partial charge in [-0.05, 0) is 36.0 Å². The Morgan fingerprint density at radius 2 is 1.95 bits per heavy atom. The third kappa shape index (κ3) is 2.15. The summed E-state index contributed by atoms with van der Waals surface area (Å²) >= 11 is 0. The van der Waals surface area contributed by atoms with Gasteiger partial charge in [0.1, 0.15) is 0 Å². The molecule has 1 aliphatic carbocycles. The van der Waals surface area contributed by atoms with E-state index in [9.17, 15) is 13.2 Å². The molecule has 6 heteroatoms. The summed E-state index contributed by atoms with van der Waals surface area (Å²) in [6, 6.07) is 7.52. The minimum atomic E-state index is -4.30. The fourth-order valence-electron chi connectivity index (χ4n) is 3.00. The molecule has 22 heavy (non-hydrogen) atoms. The Bertz CT molecular complexity index is 838. The summed E-state index contributed by atoms with van der Waals surface area (Å²) in [5.74, 6) is 0.321. The van der Waals surface area contributed by atoms with Crippen molar-refractivity contribution >= 4 is 5.65 Å². The van der Waals surface area contributed by atoms with E-state index in [-0.39, 0.29) is 11.8 Å². The summed E-state index contributed by atoms with van der Waals surface area (Å²) in [5.41, 5.74) is 1.97. The van der Waals surface area contributed by atoms with Gasteiger partial charge < -0.3 is 0 Å². The Morgan fingerprint density at radius 1 is 1.09 bits per heavy atom. The van der Waals surface area contributed by atoms with Crippen LogP contribution < -0.4 is 0 Å². The largest absolute Gasteiger partial charge is 0.416 e. The smallest absolute Gasteiger partial charge is 0.235 e. The molecule has 0 radical (unpaired) electrons. The van der Waals surface area contributed by atoms with Crippen LogP contribution in [0.25, 0.3) is 5.65 Å². The molecule has 112 valence electrons. The van der Waals surface area contributed by atoms with Crippen LogP contribution in [-0.4, -0.2) is 14.6 Å². The van der Waals surface area contributed by atoms with Crippen LogP contribution in [0, 0.1) is 0 Å². The number of halogens is 3. The Hall–Kier alpha value is -2.37. The average molecular weight is 303 g/mol. The van der Waals surface area contributed by atoms with Crippen molar-refractivity contribution in [1.82, 2.24) is 14.6 Å². The maximum Gasteiger partial charge on any atom is 0.416 e. The molecule has 2 heterocycles. The van der Waals surface area contributed by atoms with Crippen molar-refractivity contribution in [3.63, 3.8) is 0 Å². The highest BCUT2D eigenvalue weighted by Crippen LogP contribution is 2.55. The van der Waals surface area contributed by atoms with Gasteiger partial charge in [0.05, 0.1) is 5.56 Å². The van der Waals surface area contributed by atoms with Gasteiger partial charge in [-0.15, -0.1) is 0 Å². The molecule has 1 fully saturated rings. The van der Waals surface area contributed by atoms with Gasteiger partial charge in [0, 0.05) is 24.2 Å². The van der Waals surface area contributed by atoms with Gasteiger partial charge in [0.15, 0.2) is 5.65 Å². The number of hydrogen-bond acceptors (Lipinski definition) is 2. The van der Waals surface area contributed by atoms with E-state index in [0.29, 0.717) is 0 Å². The molecular weight excluding hydrogens is 291 g/mol. The zero-order valence-electron chi connectivity index (χ0n) is 11.5. The van der Waals surface area contributed by atoms with Gasteiger partial charge in [-0.25, -0.2) is 9.50 Å². The molecule has 0 spiro atoms. The van der Waals surface area contributed by atoms with Gasteiger partial charge in [-0.2, -0.15) is 18.3 Å². The van der Waals surface area contributed by atoms with Crippen LogP contribution in [0.4, 0.5) is 13.2 Å². The van der Waals surface area contributed by atoms with Crippen molar-refractivity contribution in [3.05, 3.63) is 65.6 Å². The van der Waals surface area contributed by atoms with E-state index in [1.807, 2.05) is 6.07 Å². The first kappa shape index (κ1) is 13.3. The van der Waals surface area contributed by atoms with Crippen LogP contribution in [-0.2, 0) is 6.18 Å². The van der Waals surface area contributed by atoms with Crippen LogP contribution in [0.5, 0.6) is 0 Å². The lowest BCUT2D eigenvalue weighted by molar-refractivity contribution is -0.137. The molecule has 0 aliphatic heterocycles. The highest BCUT2D eigenvalue weighted by atomic mass is 19.4. The standard InChI is InChI=1S/C16H12F3N3/c17-16(18,19)11-3-1-2-10(8-11)13-9-14(13)12-4-5-21-22-7-6-20-15(12)22/h1-8,13-14H,9H2/t13-,14-/m1/s1. The number of alkyl halides is 3. The third-order valence-electron chi connectivity index (χ3n) is 4.16. The predicted octanol–water partition coefficient (Wildman–Crippen LogP) is 4.02. The fraction of sp³-hybridized carbons (Fsp3) is 0.250. The Balaban J connectivity index is 1.66. The second-order valence-electron chi connectivity index (χ2n) is 5.55. The topological polar surface area (TPSA) is 30.2 Å². The average Bonchev–Trinajstić information content (AvgIpc) is 3.14. The summed E-state index contributed by atoms with van der Waals surface area (Å²) in [5, 5.41) is 4.16. The van der Waals surface area contributed by atoms with Gasteiger partial charge in [0.2, 0.25) is 0 Å². The molecule has 2 atom stereocenters. The van der Waals surface area contributed by atoms with Gasteiger partial charge >= 0.3 is 6.18 Å². The van der Waals surface area contributed by atoms with Gasteiger partial charge in [-0.3, -0.25) is 0 Å². The lowest BCUT2D eigenvalue weighted by atomic mass is 10.0. The fourth-order valence-corrected chi connectivity index (χ4v) is 3.00. The molecule has 1 saturated carbocycles. The molecule has 1 aromatic carbocycles. The minimum absolute atomic E-state index is 0.116. The second kappa shape index (κ2) is 4.56. The lowest BCUT2D eigenvalue weighted by Gasteiger charge is -2.08. The first-order valence-corrected chi connectivity index (χ1v) is 6.99. The third-order valence-corrected chi connectivity index (χ3v) is 4.16. The highest BCUT2D eigenvalue weighted by Gasteiger charge is 2.42. The van der Waals surface area contributed by atoms with E-state index >= 15 is 0 Å². The van der Waals surface area contributed by atoms with Crippen molar-refractivity contribution in [3.8, 4) is 0 Å². The van der Waals surface area contributed by atoms with Crippen LogP contribution in [0.1, 0.15) is 34.9 Å². The van der Waals surface area contributed by atoms with Gasteiger partial charge in [0.25, 0.3) is 0 Å². The summed E-state index contributed by atoms with van der Waals surface area (Å²) in [4.78, 5) is 4.29. The summed E-state index contributed by atoms with van der Waals surface area (Å²) in [6.07, 6.45) is 1.68. The van der Waals surface area contributed by atoms with Crippen LogP contribution in [0.3, 0.4) is 0 Å². The minimum Gasteiger partial charge on any atom is -0.235 e. The summed E-state index contributed by atoms with van der Waals surface area (Å²) in [7, 11) is 0. The Morgan fingerprint density at radius 3 is 2.77 bits per heavy atom. The van der Waals surface area contributed by atoms with Crippen molar-refractivity contribution in [2.75, 3.05) is 0 Å². The number of aromatic nitrogens is 3. The first-order chi connectivity index (χ1) is 10.5. The number of rotatable bonds is 2. The molecule has 0 N–H and O–H groups in total. The monoisotopic (exact) mass is 303 g/mol. The molecule has 0 amide bonds. The van der Waals surface area contributed by atoms with Crippen molar-refractivity contribution < 1.29 is 13.2 Å². The molecular formula is C16H12F3N3. The van der Waals surface area contributed by atoms with Crippen molar-refractivity contribution in [1.29, 1.82) is 0 Å². The van der Waals surface area contributed by atoms with E-state index < -0.39 is 11.7 Å². The maximum absolute atomic E-state index is 12.8. The second-order valence-corrected chi connectivity index (χ2v) is 5.55. The molecule has 3 nitrogen and oxygen atoms in total. The molecule has 1 aliphatic rings. The molecule has 4 rings (SSSR count). The van der Waals surface area contributed by atoms with Crippen LogP contribution >= 0.6 is 0 Å². The maximum atomic E-state index is 12.8. The normalized spacial score (nSPS) is 21.2. The zero-order chi connectivity index (χ0) is 15.3. The van der Waals surface area contributed by atoms with E-state index in [2.05, 4.69) is 10.1 Å².